The minimum atomic E-state index is -3.62. The summed E-state index contributed by atoms with van der Waals surface area (Å²) in [7, 11) is -3.62. The van der Waals surface area contributed by atoms with Crippen LogP contribution in [0.3, 0.4) is 0 Å². The Labute approximate surface area is 223 Å². The second-order valence-corrected chi connectivity index (χ2v) is 11.5. The highest BCUT2D eigenvalue weighted by Crippen LogP contribution is 2.24. The smallest absolute Gasteiger partial charge is 0.243 e. The number of aliphatic hydroxyl groups excluding tert-OH is 1. The average Bonchev–Trinajstić information content (AvgIpc) is 2.95. The van der Waals surface area contributed by atoms with Gasteiger partial charge in [-0.05, 0) is 41.3 Å². The normalized spacial score (nSPS) is 16.6. The molecule has 2 unspecified atom stereocenters. The Morgan fingerprint density at radius 1 is 0.974 bits per heavy atom. The van der Waals surface area contributed by atoms with Crippen molar-refractivity contribution in [2.24, 2.45) is 11.7 Å². The summed E-state index contributed by atoms with van der Waals surface area (Å²) >= 11 is 0. The number of carbonyl (C=O) groups excluding carboxylic acids is 2. The van der Waals surface area contributed by atoms with Gasteiger partial charge in [0.2, 0.25) is 21.8 Å². The Balaban J connectivity index is 1.43. The Morgan fingerprint density at radius 2 is 1.63 bits per heavy atom. The van der Waals surface area contributed by atoms with E-state index in [1.165, 1.54) is 4.31 Å². The number of hydrogen-bond donors (Lipinski definition) is 4. The quantitative estimate of drug-likeness (QED) is 0.308. The van der Waals surface area contributed by atoms with Crippen molar-refractivity contribution in [3.8, 4) is 0 Å². The summed E-state index contributed by atoms with van der Waals surface area (Å²) in [6.07, 6.45) is 0.0942. The van der Waals surface area contributed by atoms with Gasteiger partial charge < -0.3 is 21.5 Å². The number of hydrogen-bond acceptors (Lipinski definition) is 6. The van der Waals surface area contributed by atoms with Gasteiger partial charge in [0.1, 0.15) is 6.04 Å². The van der Waals surface area contributed by atoms with Crippen molar-refractivity contribution in [1.82, 2.24) is 14.9 Å². The molecule has 2 amide bonds. The van der Waals surface area contributed by atoms with E-state index in [0.29, 0.717) is 12.8 Å². The molecule has 10 heteroatoms. The molecule has 0 saturated carbocycles. The summed E-state index contributed by atoms with van der Waals surface area (Å²) < 4.78 is 27.2. The van der Waals surface area contributed by atoms with E-state index >= 15 is 0 Å². The predicted molar refractivity (Wildman–Crippen MR) is 146 cm³/mol. The van der Waals surface area contributed by atoms with Crippen molar-refractivity contribution in [2.75, 3.05) is 26.2 Å². The fraction of sp³-hybridized carbons (Fsp3) is 0.357. The Hall–Kier alpha value is -3.31. The third-order valence-electron chi connectivity index (χ3n) is 6.88. The molecule has 1 aliphatic heterocycles. The van der Waals surface area contributed by atoms with Gasteiger partial charge in [-0.3, -0.25) is 9.59 Å². The zero-order chi connectivity index (χ0) is 27.1. The number of benzene rings is 3. The Kier molecular flexibility index (Phi) is 9.11. The fourth-order valence-electron chi connectivity index (χ4n) is 4.63. The van der Waals surface area contributed by atoms with E-state index in [2.05, 4.69) is 10.6 Å². The maximum Gasteiger partial charge on any atom is 0.243 e. The van der Waals surface area contributed by atoms with E-state index in [1.54, 1.807) is 30.3 Å². The number of sulfonamides is 1. The molecule has 202 valence electrons. The van der Waals surface area contributed by atoms with Crippen molar-refractivity contribution in [3.63, 3.8) is 0 Å². The van der Waals surface area contributed by atoms with Gasteiger partial charge >= 0.3 is 0 Å². The lowest BCUT2D eigenvalue weighted by Crippen LogP contribution is -2.52. The maximum absolute atomic E-state index is 13.2. The first-order valence-electron chi connectivity index (χ1n) is 12.8. The van der Waals surface area contributed by atoms with Crippen LogP contribution in [0.1, 0.15) is 18.4 Å². The van der Waals surface area contributed by atoms with Crippen LogP contribution in [0.5, 0.6) is 0 Å². The topological polar surface area (TPSA) is 142 Å². The van der Waals surface area contributed by atoms with Crippen molar-refractivity contribution in [3.05, 3.63) is 78.4 Å². The molecule has 9 nitrogen and oxygen atoms in total. The first-order valence-corrected chi connectivity index (χ1v) is 14.2. The largest absolute Gasteiger partial charge is 0.390 e. The molecule has 1 fully saturated rings. The predicted octanol–water partition coefficient (Wildman–Crippen LogP) is 1.40. The van der Waals surface area contributed by atoms with Gasteiger partial charge in [0.25, 0.3) is 0 Å². The number of carbonyl (C=O) groups is 2. The summed E-state index contributed by atoms with van der Waals surface area (Å²) in [5.74, 6) is -1.12. The second kappa shape index (κ2) is 12.5. The molecule has 5 N–H and O–H groups in total. The number of nitrogens with two attached hydrogens (primary N) is 1. The van der Waals surface area contributed by atoms with Crippen LogP contribution in [-0.4, -0.2) is 68.0 Å². The standard InChI is InChI=1S/C28H34N4O5S/c29-18-24(33)19-30-28(35)26(17-20-10-11-21-6-4-5-7-23(21)16-20)31-27(34)22-12-14-32(15-13-22)38(36,37)25-8-2-1-3-9-25/h1-11,16,22,24,26,33H,12-15,17-19,29H2,(H,30,35)(H,31,34). The molecule has 0 aliphatic carbocycles. The monoisotopic (exact) mass is 538 g/mol. The molecule has 3 aromatic rings. The first-order chi connectivity index (χ1) is 18.3. The van der Waals surface area contributed by atoms with E-state index in [9.17, 15) is 23.1 Å². The molecule has 3 aromatic carbocycles. The summed E-state index contributed by atoms with van der Waals surface area (Å²) in [5.41, 5.74) is 6.33. The number of piperidine rings is 1. The van der Waals surface area contributed by atoms with Crippen LogP contribution in [0, 0.1) is 5.92 Å². The zero-order valence-corrected chi connectivity index (χ0v) is 21.9. The van der Waals surface area contributed by atoms with E-state index < -0.39 is 34.0 Å². The third-order valence-corrected chi connectivity index (χ3v) is 8.79. The SMILES string of the molecule is NCC(O)CNC(=O)C(Cc1ccc2ccccc2c1)NC(=O)C1CCN(S(=O)(=O)c2ccccc2)CC1. The lowest BCUT2D eigenvalue weighted by atomic mass is 9.95. The molecule has 1 saturated heterocycles. The highest BCUT2D eigenvalue weighted by Gasteiger charge is 2.33. The number of amides is 2. The molecule has 0 aromatic heterocycles. The molecule has 1 aliphatic rings. The Bertz CT molecular complexity index is 1360. The van der Waals surface area contributed by atoms with Crippen LogP contribution in [0.15, 0.2) is 77.7 Å². The highest BCUT2D eigenvalue weighted by molar-refractivity contribution is 7.89. The first kappa shape index (κ1) is 27.7. The summed E-state index contributed by atoms with van der Waals surface area (Å²) in [6.45, 7) is 0.431. The van der Waals surface area contributed by atoms with Crippen molar-refractivity contribution in [1.29, 1.82) is 0 Å². The summed E-state index contributed by atoms with van der Waals surface area (Å²) in [4.78, 5) is 26.5. The minimum Gasteiger partial charge on any atom is -0.390 e. The van der Waals surface area contributed by atoms with Crippen LogP contribution < -0.4 is 16.4 Å². The number of rotatable bonds is 10. The maximum atomic E-state index is 13.2. The van der Waals surface area contributed by atoms with E-state index in [4.69, 9.17) is 5.73 Å². The van der Waals surface area contributed by atoms with Crippen LogP contribution in [0.25, 0.3) is 10.8 Å². The molecule has 0 radical (unpaired) electrons. The fourth-order valence-corrected chi connectivity index (χ4v) is 6.12. The van der Waals surface area contributed by atoms with Crippen LogP contribution in [-0.2, 0) is 26.0 Å². The number of fused-ring (bicyclic) bond motifs is 1. The molecule has 1 heterocycles. The van der Waals surface area contributed by atoms with Gasteiger partial charge in [-0.15, -0.1) is 0 Å². The summed E-state index contributed by atoms with van der Waals surface area (Å²) in [6, 6.07) is 21.2. The van der Waals surface area contributed by atoms with Crippen molar-refractivity contribution < 1.29 is 23.1 Å². The second-order valence-electron chi connectivity index (χ2n) is 9.57. The molecule has 0 bridgehead atoms. The van der Waals surface area contributed by atoms with Crippen molar-refractivity contribution in [2.45, 2.75) is 36.3 Å². The zero-order valence-electron chi connectivity index (χ0n) is 21.1. The molecular weight excluding hydrogens is 504 g/mol. The molecule has 4 rings (SSSR count). The van der Waals surface area contributed by atoms with Gasteiger partial charge in [0, 0.05) is 38.5 Å². The van der Waals surface area contributed by atoms with Gasteiger partial charge in [0.15, 0.2) is 0 Å². The van der Waals surface area contributed by atoms with E-state index in [0.717, 1.165) is 16.3 Å². The van der Waals surface area contributed by atoms with E-state index in [-0.39, 0.29) is 43.4 Å². The van der Waals surface area contributed by atoms with Crippen LogP contribution in [0.2, 0.25) is 0 Å². The molecule has 2 atom stereocenters. The molecule has 0 spiro atoms. The van der Waals surface area contributed by atoms with Gasteiger partial charge in [0.05, 0.1) is 11.0 Å². The summed E-state index contributed by atoms with van der Waals surface area (Å²) in [5, 5.41) is 17.4. The number of nitrogens with one attached hydrogen (secondary N) is 2. The minimum absolute atomic E-state index is 0.00639. The molecular formula is C28H34N4O5S. The highest BCUT2D eigenvalue weighted by atomic mass is 32.2. The van der Waals surface area contributed by atoms with Crippen LogP contribution in [0.4, 0.5) is 0 Å². The molecule has 38 heavy (non-hydrogen) atoms. The number of nitrogens with zero attached hydrogens (tertiary/aromatic N) is 1. The lowest BCUT2D eigenvalue weighted by molar-refractivity contribution is -0.132. The average molecular weight is 539 g/mol. The van der Waals surface area contributed by atoms with Gasteiger partial charge in [-0.2, -0.15) is 4.31 Å². The number of aliphatic hydroxyl groups is 1. The van der Waals surface area contributed by atoms with Crippen molar-refractivity contribution >= 4 is 32.6 Å². The Morgan fingerprint density at radius 3 is 2.32 bits per heavy atom. The third kappa shape index (κ3) is 6.76. The van der Waals surface area contributed by atoms with Gasteiger partial charge in [-0.1, -0.05) is 60.7 Å². The van der Waals surface area contributed by atoms with E-state index in [1.807, 2.05) is 42.5 Å². The van der Waals surface area contributed by atoms with Crippen LogP contribution >= 0.6 is 0 Å². The lowest BCUT2D eigenvalue weighted by Gasteiger charge is -2.31. The van der Waals surface area contributed by atoms with Gasteiger partial charge in [-0.25, -0.2) is 8.42 Å².